The number of anilines is 1. The van der Waals surface area contributed by atoms with E-state index in [1.165, 1.54) is 16.7 Å². The van der Waals surface area contributed by atoms with Crippen LogP contribution in [-0.4, -0.2) is 13.0 Å². The molecular weight excluding hydrogens is 392 g/mol. The highest BCUT2D eigenvalue weighted by Gasteiger charge is 2.19. The quantitative estimate of drug-likeness (QED) is 0.514. The Hall–Kier alpha value is -3.52. The topological polar surface area (TPSA) is 90.5 Å². The molecule has 0 unspecified atom stereocenters. The molecule has 4 rings (SSSR count). The van der Waals surface area contributed by atoms with Crippen molar-refractivity contribution in [3.63, 3.8) is 0 Å². The molecule has 0 radical (unpaired) electrons. The van der Waals surface area contributed by atoms with Crippen molar-refractivity contribution in [3.8, 4) is 11.5 Å². The van der Waals surface area contributed by atoms with Gasteiger partial charge in [0.05, 0.1) is 16.1 Å². The molecule has 3 aromatic carbocycles. The molecule has 4 aromatic rings. The standard InChI is InChI=1S/C21H18N2O5S/c1-2-23-18-13-12-16(14-20(18)28-21(23)24)29(25,26)22-17-10-6-7-11-19(17)27-15-8-4-3-5-9-15/h3-14,22H,2H2,1H3. The number of aromatic nitrogens is 1. The predicted octanol–water partition coefficient (Wildman–Crippen LogP) is 4.21. The first-order valence-corrected chi connectivity index (χ1v) is 10.4. The lowest BCUT2D eigenvalue weighted by atomic mass is 10.3. The zero-order chi connectivity index (χ0) is 20.4. The number of sulfonamides is 1. The van der Waals surface area contributed by atoms with E-state index >= 15 is 0 Å². The molecule has 0 aliphatic heterocycles. The van der Waals surface area contributed by atoms with Gasteiger partial charge in [0.1, 0.15) is 5.75 Å². The van der Waals surface area contributed by atoms with Gasteiger partial charge in [0, 0.05) is 12.6 Å². The molecule has 0 atom stereocenters. The molecule has 1 heterocycles. The van der Waals surface area contributed by atoms with Crippen LogP contribution in [-0.2, 0) is 16.6 Å². The summed E-state index contributed by atoms with van der Waals surface area (Å²) in [4.78, 5) is 11.8. The SMILES string of the molecule is CCn1c(=O)oc2cc(S(=O)(=O)Nc3ccccc3Oc3ccccc3)ccc21. The second-order valence-corrected chi connectivity index (χ2v) is 7.94. The Morgan fingerprint density at radius 2 is 1.72 bits per heavy atom. The van der Waals surface area contributed by atoms with Crippen molar-refractivity contribution in [2.75, 3.05) is 4.72 Å². The lowest BCUT2D eigenvalue weighted by molar-refractivity contribution is 0.485. The summed E-state index contributed by atoms with van der Waals surface area (Å²) in [7, 11) is -3.93. The van der Waals surface area contributed by atoms with E-state index in [0.29, 0.717) is 29.2 Å². The highest BCUT2D eigenvalue weighted by atomic mass is 32.2. The lowest BCUT2D eigenvalue weighted by Crippen LogP contribution is -2.13. The van der Waals surface area contributed by atoms with Gasteiger partial charge in [0.2, 0.25) is 0 Å². The maximum atomic E-state index is 12.9. The van der Waals surface area contributed by atoms with Gasteiger partial charge in [-0.25, -0.2) is 13.2 Å². The average Bonchev–Trinajstić information content (AvgIpc) is 3.04. The van der Waals surface area contributed by atoms with E-state index < -0.39 is 15.8 Å². The molecule has 0 saturated heterocycles. The fourth-order valence-corrected chi connectivity index (χ4v) is 4.06. The summed E-state index contributed by atoms with van der Waals surface area (Å²) < 4.78 is 40.8. The van der Waals surface area contributed by atoms with Gasteiger partial charge in [-0.3, -0.25) is 9.29 Å². The van der Waals surface area contributed by atoms with Crippen LogP contribution < -0.4 is 15.2 Å². The summed E-state index contributed by atoms with van der Waals surface area (Å²) in [6, 6.07) is 20.2. The highest BCUT2D eigenvalue weighted by molar-refractivity contribution is 7.92. The summed E-state index contributed by atoms with van der Waals surface area (Å²) in [6.07, 6.45) is 0. The molecule has 0 aliphatic carbocycles. The molecule has 148 valence electrons. The summed E-state index contributed by atoms with van der Waals surface area (Å²) in [5.74, 6) is 0.432. The Bertz CT molecular complexity index is 1320. The minimum atomic E-state index is -3.93. The number of hydrogen-bond acceptors (Lipinski definition) is 5. The van der Waals surface area contributed by atoms with E-state index in [0.717, 1.165) is 0 Å². The van der Waals surface area contributed by atoms with Crippen LogP contribution in [0.1, 0.15) is 6.92 Å². The van der Waals surface area contributed by atoms with Gasteiger partial charge < -0.3 is 9.15 Å². The van der Waals surface area contributed by atoms with Crippen molar-refractivity contribution in [3.05, 3.63) is 83.3 Å². The number of rotatable bonds is 6. The van der Waals surface area contributed by atoms with Crippen molar-refractivity contribution >= 4 is 26.8 Å². The van der Waals surface area contributed by atoms with Gasteiger partial charge in [-0.2, -0.15) is 0 Å². The predicted molar refractivity (Wildman–Crippen MR) is 110 cm³/mol. The minimum absolute atomic E-state index is 0.0171. The van der Waals surface area contributed by atoms with Gasteiger partial charge >= 0.3 is 5.76 Å². The summed E-state index contributed by atoms with van der Waals surface area (Å²) in [5.41, 5.74) is 1.06. The molecule has 0 spiro atoms. The zero-order valence-electron chi connectivity index (χ0n) is 15.5. The Kier molecular flexibility index (Phi) is 4.85. The van der Waals surface area contributed by atoms with Crippen LogP contribution in [0.3, 0.4) is 0 Å². The maximum Gasteiger partial charge on any atom is 0.419 e. The van der Waals surface area contributed by atoms with Gasteiger partial charge in [-0.15, -0.1) is 0 Å². The molecule has 0 aliphatic rings. The maximum absolute atomic E-state index is 12.9. The third kappa shape index (κ3) is 3.74. The van der Waals surface area contributed by atoms with E-state index in [1.807, 2.05) is 25.1 Å². The van der Waals surface area contributed by atoms with Crippen molar-refractivity contribution in [2.24, 2.45) is 0 Å². The molecule has 0 bridgehead atoms. The van der Waals surface area contributed by atoms with Gasteiger partial charge in [0.25, 0.3) is 10.0 Å². The Morgan fingerprint density at radius 3 is 2.48 bits per heavy atom. The molecule has 0 saturated carbocycles. The first kappa shape index (κ1) is 18.8. The first-order chi connectivity index (χ1) is 14.0. The third-order valence-electron chi connectivity index (χ3n) is 4.37. The lowest BCUT2D eigenvalue weighted by Gasteiger charge is -2.13. The number of ether oxygens (including phenoxy) is 1. The molecule has 0 fully saturated rings. The smallest absolute Gasteiger partial charge is 0.419 e. The number of aryl methyl sites for hydroxylation is 1. The van der Waals surface area contributed by atoms with Crippen LogP contribution in [0.25, 0.3) is 11.1 Å². The zero-order valence-corrected chi connectivity index (χ0v) is 16.3. The van der Waals surface area contributed by atoms with E-state index in [4.69, 9.17) is 9.15 Å². The van der Waals surface area contributed by atoms with Crippen molar-refractivity contribution in [1.29, 1.82) is 0 Å². The van der Waals surface area contributed by atoms with Gasteiger partial charge in [-0.05, 0) is 43.3 Å². The monoisotopic (exact) mass is 410 g/mol. The number of fused-ring (bicyclic) bond motifs is 1. The Balaban J connectivity index is 1.67. The van der Waals surface area contributed by atoms with Crippen LogP contribution in [0.5, 0.6) is 11.5 Å². The van der Waals surface area contributed by atoms with E-state index in [2.05, 4.69) is 4.72 Å². The molecule has 0 amide bonds. The molecule has 29 heavy (non-hydrogen) atoms. The van der Waals surface area contributed by atoms with E-state index in [9.17, 15) is 13.2 Å². The van der Waals surface area contributed by atoms with Crippen LogP contribution in [0, 0.1) is 0 Å². The van der Waals surface area contributed by atoms with Gasteiger partial charge in [0.15, 0.2) is 11.3 Å². The second-order valence-electron chi connectivity index (χ2n) is 6.26. The fourth-order valence-electron chi connectivity index (χ4n) is 2.97. The highest BCUT2D eigenvalue weighted by Crippen LogP contribution is 2.31. The third-order valence-corrected chi connectivity index (χ3v) is 5.73. The number of nitrogens with zero attached hydrogens (tertiary/aromatic N) is 1. The van der Waals surface area contributed by atoms with E-state index in [-0.39, 0.29) is 10.5 Å². The fraction of sp³-hybridized carbons (Fsp3) is 0.0952. The van der Waals surface area contributed by atoms with Gasteiger partial charge in [-0.1, -0.05) is 30.3 Å². The molecule has 8 heteroatoms. The summed E-state index contributed by atoms with van der Waals surface area (Å²) in [5, 5.41) is 0. The van der Waals surface area contributed by atoms with Crippen LogP contribution >= 0.6 is 0 Å². The van der Waals surface area contributed by atoms with E-state index in [1.54, 1.807) is 42.5 Å². The largest absolute Gasteiger partial charge is 0.455 e. The Morgan fingerprint density at radius 1 is 1.00 bits per heavy atom. The summed E-state index contributed by atoms with van der Waals surface area (Å²) in [6.45, 7) is 2.24. The first-order valence-electron chi connectivity index (χ1n) is 8.96. The number of oxazole rings is 1. The normalized spacial score (nSPS) is 11.5. The Labute approximate surface area is 167 Å². The average molecular weight is 410 g/mol. The van der Waals surface area contributed by atoms with Crippen LogP contribution in [0.2, 0.25) is 0 Å². The second kappa shape index (κ2) is 7.48. The molecule has 1 aromatic heterocycles. The summed E-state index contributed by atoms with van der Waals surface area (Å²) >= 11 is 0. The van der Waals surface area contributed by atoms with Crippen LogP contribution in [0.15, 0.2) is 86.9 Å². The number of para-hydroxylation sites is 3. The number of benzene rings is 3. The number of nitrogens with one attached hydrogen (secondary N) is 1. The van der Waals surface area contributed by atoms with Crippen molar-refractivity contribution < 1.29 is 17.6 Å². The van der Waals surface area contributed by atoms with Crippen molar-refractivity contribution in [2.45, 2.75) is 18.4 Å². The minimum Gasteiger partial charge on any atom is -0.455 e. The number of hydrogen-bond donors (Lipinski definition) is 1. The molecular formula is C21H18N2O5S. The van der Waals surface area contributed by atoms with Crippen LogP contribution in [0.4, 0.5) is 5.69 Å². The molecule has 7 nitrogen and oxygen atoms in total. The molecule has 1 N–H and O–H groups in total. The van der Waals surface area contributed by atoms with Crippen molar-refractivity contribution in [1.82, 2.24) is 4.57 Å².